The number of amides is 4. The summed E-state index contributed by atoms with van der Waals surface area (Å²) in [6.45, 7) is 6.00. The number of aromatic nitrogens is 1. The van der Waals surface area contributed by atoms with Gasteiger partial charge in [-0.2, -0.15) is 13.2 Å². The number of anilines is 1. The van der Waals surface area contributed by atoms with Crippen LogP contribution in [0.25, 0.3) is 5.69 Å². The lowest BCUT2D eigenvalue weighted by Gasteiger charge is -2.34. The molecular weight excluding hydrogens is 503 g/mol. The number of ether oxygens (including phenoxy) is 1. The number of piperidine rings is 1. The van der Waals surface area contributed by atoms with Gasteiger partial charge in [0, 0.05) is 37.2 Å². The van der Waals surface area contributed by atoms with Crippen LogP contribution in [0, 0.1) is 0 Å². The quantitative estimate of drug-likeness (QED) is 0.528. The van der Waals surface area contributed by atoms with E-state index in [1.54, 1.807) is 20.8 Å². The zero-order valence-electron chi connectivity index (χ0n) is 19.9. The molecule has 1 aromatic carbocycles. The van der Waals surface area contributed by atoms with E-state index in [1.807, 2.05) is 0 Å². The third kappa shape index (κ3) is 6.84. The van der Waals surface area contributed by atoms with Gasteiger partial charge in [0.15, 0.2) is 0 Å². The Morgan fingerprint density at radius 3 is 2.44 bits per heavy atom. The van der Waals surface area contributed by atoms with Crippen LogP contribution in [-0.4, -0.2) is 52.2 Å². The van der Waals surface area contributed by atoms with Gasteiger partial charge in [0.05, 0.1) is 21.8 Å². The average molecular weight is 530 g/mol. The van der Waals surface area contributed by atoms with Crippen molar-refractivity contribution < 1.29 is 32.3 Å². The Morgan fingerprint density at radius 2 is 1.86 bits per heavy atom. The number of hydrogen-bond acceptors (Lipinski definition) is 4. The van der Waals surface area contributed by atoms with Crippen LogP contribution in [0.15, 0.2) is 30.6 Å². The summed E-state index contributed by atoms with van der Waals surface area (Å²) in [5.74, 6) is -0.563. The molecule has 1 unspecified atom stereocenters. The lowest BCUT2D eigenvalue weighted by Crippen LogP contribution is -2.50. The second kappa shape index (κ2) is 10.3. The van der Waals surface area contributed by atoms with Crippen LogP contribution in [0.5, 0.6) is 0 Å². The zero-order chi connectivity index (χ0) is 26.8. The van der Waals surface area contributed by atoms with Crippen molar-refractivity contribution in [3.05, 3.63) is 46.7 Å². The Labute approximate surface area is 210 Å². The Balaban J connectivity index is 1.81. The molecule has 1 aliphatic rings. The molecule has 13 heteroatoms. The molecule has 0 aliphatic carbocycles. The summed E-state index contributed by atoms with van der Waals surface area (Å²) < 4.78 is 45.9. The number of carbonyl (C=O) groups is 3. The van der Waals surface area contributed by atoms with E-state index in [-0.39, 0.29) is 29.5 Å². The highest BCUT2D eigenvalue weighted by molar-refractivity contribution is 6.31. The number of likely N-dealkylation sites (tertiary alicyclic amines) is 1. The van der Waals surface area contributed by atoms with Crippen molar-refractivity contribution in [2.75, 3.05) is 18.4 Å². The molecule has 1 aromatic heterocycles. The minimum atomic E-state index is -4.62. The topological polar surface area (TPSA) is 119 Å². The number of hydrogen-bond donors (Lipinski definition) is 3. The lowest BCUT2D eigenvalue weighted by atomic mass is 10.1. The average Bonchev–Trinajstić information content (AvgIpc) is 3.15. The first-order valence-electron chi connectivity index (χ1n) is 11.1. The molecule has 2 aromatic rings. The van der Waals surface area contributed by atoms with E-state index in [0.717, 1.165) is 12.1 Å². The Hall–Kier alpha value is -3.41. The normalized spacial score (nSPS) is 16.4. The van der Waals surface area contributed by atoms with Crippen molar-refractivity contribution in [2.45, 2.75) is 51.4 Å². The molecule has 0 saturated carbocycles. The summed E-state index contributed by atoms with van der Waals surface area (Å²) in [6, 6.07) is 1.79. The molecule has 1 saturated heterocycles. The number of halogens is 4. The molecule has 2 heterocycles. The summed E-state index contributed by atoms with van der Waals surface area (Å²) in [7, 11) is 0. The molecule has 0 bridgehead atoms. The Bertz CT molecular complexity index is 1160. The molecular formula is C23H27ClF3N5O4. The van der Waals surface area contributed by atoms with Crippen molar-refractivity contribution in [2.24, 2.45) is 5.73 Å². The third-order valence-electron chi connectivity index (χ3n) is 5.29. The molecule has 0 radical (unpaired) electrons. The first-order chi connectivity index (χ1) is 16.6. The number of urea groups is 1. The van der Waals surface area contributed by atoms with Crippen LogP contribution in [0.2, 0.25) is 5.02 Å². The van der Waals surface area contributed by atoms with Crippen LogP contribution in [0.4, 0.5) is 28.4 Å². The molecule has 4 N–H and O–H groups in total. The third-order valence-corrected chi connectivity index (χ3v) is 5.61. The minimum Gasteiger partial charge on any atom is -0.444 e. The fraction of sp³-hybridized carbons (Fsp3) is 0.435. The van der Waals surface area contributed by atoms with Gasteiger partial charge in [0.2, 0.25) is 0 Å². The van der Waals surface area contributed by atoms with Crippen molar-refractivity contribution in [3.8, 4) is 5.69 Å². The molecule has 4 amide bonds. The second-order valence-corrected chi connectivity index (χ2v) is 9.79. The maximum Gasteiger partial charge on any atom is 0.417 e. The number of benzene rings is 1. The van der Waals surface area contributed by atoms with Gasteiger partial charge >= 0.3 is 18.3 Å². The number of primary amides is 1. The van der Waals surface area contributed by atoms with Gasteiger partial charge in [-0.1, -0.05) is 11.6 Å². The highest BCUT2D eigenvalue weighted by Crippen LogP contribution is 2.36. The highest BCUT2D eigenvalue weighted by atomic mass is 35.5. The monoisotopic (exact) mass is 529 g/mol. The molecule has 196 valence electrons. The van der Waals surface area contributed by atoms with Crippen LogP contribution < -0.4 is 16.4 Å². The van der Waals surface area contributed by atoms with E-state index in [0.29, 0.717) is 19.4 Å². The second-order valence-electron chi connectivity index (χ2n) is 9.38. The van der Waals surface area contributed by atoms with Crippen LogP contribution in [-0.2, 0) is 10.9 Å². The van der Waals surface area contributed by atoms with Gasteiger partial charge in [0.1, 0.15) is 5.60 Å². The summed E-state index contributed by atoms with van der Waals surface area (Å²) in [6.07, 6.45) is -1.17. The number of nitrogens with one attached hydrogen (secondary N) is 2. The maximum absolute atomic E-state index is 13.1. The summed E-state index contributed by atoms with van der Waals surface area (Å²) in [4.78, 5) is 38.5. The van der Waals surface area contributed by atoms with E-state index >= 15 is 0 Å². The van der Waals surface area contributed by atoms with Crippen LogP contribution in [0.3, 0.4) is 0 Å². The van der Waals surface area contributed by atoms with Gasteiger partial charge < -0.3 is 30.6 Å². The van der Waals surface area contributed by atoms with Gasteiger partial charge in [-0.25, -0.2) is 9.59 Å². The van der Waals surface area contributed by atoms with Gasteiger partial charge in [-0.15, -0.1) is 0 Å². The Morgan fingerprint density at radius 1 is 1.17 bits per heavy atom. The fourth-order valence-electron chi connectivity index (χ4n) is 3.76. The highest BCUT2D eigenvalue weighted by Gasteiger charge is 2.33. The first kappa shape index (κ1) is 27.2. The van der Waals surface area contributed by atoms with E-state index in [1.165, 1.54) is 27.9 Å². The molecule has 9 nitrogen and oxygen atoms in total. The number of rotatable bonds is 4. The minimum absolute atomic E-state index is 0.0270. The van der Waals surface area contributed by atoms with E-state index in [2.05, 4.69) is 10.6 Å². The predicted molar refractivity (Wildman–Crippen MR) is 127 cm³/mol. The first-order valence-corrected chi connectivity index (χ1v) is 11.5. The van der Waals surface area contributed by atoms with E-state index < -0.39 is 40.4 Å². The van der Waals surface area contributed by atoms with E-state index in [9.17, 15) is 27.6 Å². The molecule has 1 aliphatic heterocycles. The van der Waals surface area contributed by atoms with Crippen LogP contribution in [0.1, 0.15) is 49.5 Å². The smallest absolute Gasteiger partial charge is 0.417 e. The van der Waals surface area contributed by atoms with Crippen molar-refractivity contribution in [3.63, 3.8) is 0 Å². The van der Waals surface area contributed by atoms with Crippen molar-refractivity contribution in [1.82, 2.24) is 14.8 Å². The maximum atomic E-state index is 13.1. The van der Waals surface area contributed by atoms with Gasteiger partial charge in [-0.3, -0.25) is 4.79 Å². The zero-order valence-corrected chi connectivity index (χ0v) is 20.7. The largest absolute Gasteiger partial charge is 0.444 e. The van der Waals surface area contributed by atoms with Crippen LogP contribution >= 0.6 is 11.6 Å². The summed E-state index contributed by atoms with van der Waals surface area (Å²) in [5.41, 5.74) is 3.87. The van der Waals surface area contributed by atoms with Crippen molar-refractivity contribution in [1.29, 1.82) is 0 Å². The molecule has 0 spiro atoms. The predicted octanol–water partition coefficient (Wildman–Crippen LogP) is 4.77. The SMILES string of the molecule is CC(C)(C)OC(=O)N1CCCC(NC(=O)c2cn(-c3ccc(C(F)(F)F)c(Cl)c3)cc2NC(N)=O)C1. The standard InChI is InChI=1S/C23H27ClF3N5O4/c1-22(2,3)36-21(35)31-8-4-5-13(10-31)29-19(33)15-11-32(12-18(15)30-20(28)34)14-6-7-16(17(24)9-14)23(25,26)27/h6-7,9,11-13H,4-5,8,10H2,1-3H3,(H,29,33)(H3,28,30,34). The van der Waals surface area contributed by atoms with Gasteiger partial charge in [-0.05, 0) is 51.8 Å². The molecule has 3 rings (SSSR count). The summed E-state index contributed by atoms with van der Waals surface area (Å²) in [5, 5.41) is 4.66. The van der Waals surface area contributed by atoms with Gasteiger partial charge in [0.25, 0.3) is 5.91 Å². The molecule has 36 heavy (non-hydrogen) atoms. The van der Waals surface area contributed by atoms with E-state index in [4.69, 9.17) is 22.1 Å². The Kier molecular flexibility index (Phi) is 7.77. The lowest BCUT2D eigenvalue weighted by molar-refractivity contribution is -0.137. The fourth-order valence-corrected chi connectivity index (χ4v) is 4.04. The number of nitrogens with zero attached hydrogens (tertiary/aromatic N) is 2. The molecule has 1 fully saturated rings. The number of nitrogens with two attached hydrogens (primary N) is 1. The summed E-state index contributed by atoms with van der Waals surface area (Å²) >= 11 is 5.82. The molecule has 1 atom stereocenters. The number of alkyl halides is 3. The number of carbonyl (C=O) groups excluding carboxylic acids is 3. The van der Waals surface area contributed by atoms with Crippen molar-refractivity contribution >= 4 is 35.3 Å².